The van der Waals surface area contributed by atoms with Crippen LogP contribution in [0.15, 0.2) is 54.6 Å². The van der Waals surface area contributed by atoms with Crippen LogP contribution < -0.4 is 14.8 Å². The molecule has 1 unspecified atom stereocenters. The van der Waals surface area contributed by atoms with Gasteiger partial charge in [0.2, 0.25) is 0 Å². The zero-order chi connectivity index (χ0) is 23.4. The van der Waals surface area contributed by atoms with Gasteiger partial charge in [0.05, 0.1) is 31.8 Å². The highest BCUT2D eigenvalue weighted by Gasteiger charge is 2.16. The van der Waals surface area contributed by atoms with Gasteiger partial charge in [-0.3, -0.25) is 0 Å². The topological polar surface area (TPSA) is 80.1 Å². The average molecular weight is 457 g/mol. The summed E-state index contributed by atoms with van der Waals surface area (Å²) in [6.07, 6.45) is 3.30. The molecule has 0 spiro atoms. The molecule has 0 aliphatic rings. The van der Waals surface area contributed by atoms with Gasteiger partial charge in [-0.15, -0.1) is 11.3 Å². The molecule has 0 aliphatic heterocycles. The second kappa shape index (κ2) is 9.72. The van der Waals surface area contributed by atoms with E-state index in [2.05, 4.69) is 46.5 Å². The van der Waals surface area contributed by atoms with Gasteiger partial charge in [0.25, 0.3) is 0 Å². The number of hydrogen-bond donors (Lipinski definition) is 1. The molecule has 0 bridgehead atoms. The van der Waals surface area contributed by atoms with E-state index >= 15 is 0 Å². The summed E-state index contributed by atoms with van der Waals surface area (Å²) < 4.78 is 10.9. The summed E-state index contributed by atoms with van der Waals surface area (Å²) in [6, 6.07) is 18.3. The van der Waals surface area contributed by atoms with Gasteiger partial charge in [0.1, 0.15) is 11.6 Å². The molecule has 33 heavy (non-hydrogen) atoms. The molecule has 0 radical (unpaired) electrons. The summed E-state index contributed by atoms with van der Waals surface area (Å²) >= 11 is 1.73. The van der Waals surface area contributed by atoms with E-state index in [0.717, 1.165) is 27.8 Å². The van der Waals surface area contributed by atoms with Crippen LogP contribution in [-0.2, 0) is 0 Å². The molecule has 7 heteroatoms. The van der Waals surface area contributed by atoms with Crippen molar-refractivity contribution in [2.75, 3.05) is 19.5 Å². The maximum atomic E-state index is 8.77. The van der Waals surface area contributed by atoms with E-state index in [-0.39, 0.29) is 6.04 Å². The largest absolute Gasteiger partial charge is 0.493 e. The number of nitrogens with one attached hydrogen (secondary N) is 1. The standard InChI is InChI=1S/C26H24N4O2S/c1-16(24-10-11-25(33-24)19-9-5-7-18(13-19)8-6-12-27)28-26-20-14-22(31-3)23(32-4)15-21(20)29-17(2)30-26/h5-11,13-16H,1-4H3,(H,28,29,30)/b8-6+. The number of nitriles is 1. The molecular weight excluding hydrogens is 432 g/mol. The van der Waals surface area contributed by atoms with Gasteiger partial charge < -0.3 is 14.8 Å². The monoisotopic (exact) mass is 456 g/mol. The Morgan fingerprint density at radius 3 is 2.61 bits per heavy atom. The molecule has 4 aromatic rings. The van der Waals surface area contributed by atoms with Crippen LogP contribution in [0.3, 0.4) is 0 Å². The highest BCUT2D eigenvalue weighted by atomic mass is 32.1. The Morgan fingerprint density at radius 2 is 1.85 bits per heavy atom. The number of thiophene rings is 1. The Morgan fingerprint density at radius 1 is 1.06 bits per heavy atom. The molecule has 4 rings (SSSR count). The number of anilines is 1. The summed E-state index contributed by atoms with van der Waals surface area (Å²) in [4.78, 5) is 11.6. The molecule has 0 saturated heterocycles. The van der Waals surface area contributed by atoms with Crippen molar-refractivity contribution in [2.24, 2.45) is 0 Å². The van der Waals surface area contributed by atoms with Crippen molar-refractivity contribution in [3.63, 3.8) is 0 Å². The van der Waals surface area contributed by atoms with Crippen molar-refractivity contribution in [1.29, 1.82) is 5.26 Å². The van der Waals surface area contributed by atoms with Gasteiger partial charge in [-0.05, 0) is 55.3 Å². The lowest BCUT2D eigenvalue weighted by Gasteiger charge is -2.16. The quantitative estimate of drug-likeness (QED) is 0.324. The molecule has 0 aliphatic carbocycles. The fourth-order valence-corrected chi connectivity index (χ4v) is 4.63. The molecule has 2 aromatic heterocycles. The third-order valence-electron chi connectivity index (χ3n) is 5.24. The second-order valence-corrected chi connectivity index (χ2v) is 8.62. The SMILES string of the molecule is COc1cc2nc(C)nc(NC(C)c3ccc(-c4cccc(/C=C/C#N)c4)s3)c2cc1OC. The van der Waals surface area contributed by atoms with Gasteiger partial charge in [-0.1, -0.05) is 18.2 Å². The van der Waals surface area contributed by atoms with Crippen molar-refractivity contribution in [3.05, 3.63) is 70.9 Å². The third-order valence-corrected chi connectivity index (χ3v) is 6.56. The first-order valence-corrected chi connectivity index (χ1v) is 11.3. The van der Waals surface area contributed by atoms with Crippen molar-refractivity contribution in [1.82, 2.24) is 9.97 Å². The molecule has 1 atom stereocenters. The first-order valence-electron chi connectivity index (χ1n) is 10.5. The predicted octanol–water partition coefficient (Wildman–Crippen LogP) is 6.39. The zero-order valence-corrected chi connectivity index (χ0v) is 19.7. The van der Waals surface area contributed by atoms with Crippen molar-refractivity contribution in [3.8, 4) is 28.0 Å². The van der Waals surface area contributed by atoms with Crippen LogP contribution in [-0.4, -0.2) is 24.2 Å². The highest BCUT2D eigenvalue weighted by molar-refractivity contribution is 7.15. The minimum absolute atomic E-state index is 0.0380. The van der Waals surface area contributed by atoms with Crippen LogP contribution in [0.2, 0.25) is 0 Å². The fourth-order valence-electron chi connectivity index (χ4n) is 3.63. The van der Waals surface area contributed by atoms with Crippen LogP contribution in [0.4, 0.5) is 5.82 Å². The highest BCUT2D eigenvalue weighted by Crippen LogP contribution is 2.37. The number of nitrogens with zero attached hydrogens (tertiary/aromatic N) is 3. The normalized spacial score (nSPS) is 12.0. The molecule has 0 fully saturated rings. The van der Waals surface area contributed by atoms with Crippen LogP contribution in [0.1, 0.15) is 29.2 Å². The summed E-state index contributed by atoms with van der Waals surface area (Å²) in [5, 5.41) is 13.2. The maximum absolute atomic E-state index is 8.77. The van der Waals surface area contributed by atoms with Gasteiger partial charge in [0, 0.05) is 27.3 Å². The number of aryl methyl sites for hydroxylation is 1. The lowest BCUT2D eigenvalue weighted by Crippen LogP contribution is -2.08. The van der Waals surface area contributed by atoms with E-state index in [1.807, 2.05) is 43.3 Å². The first kappa shape index (κ1) is 22.3. The Balaban J connectivity index is 1.63. The second-order valence-electron chi connectivity index (χ2n) is 7.50. The average Bonchev–Trinajstić information content (AvgIpc) is 3.32. The molecule has 0 amide bonds. The molecular formula is C26H24N4O2S. The van der Waals surface area contributed by atoms with E-state index in [1.54, 1.807) is 25.6 Å². The summed E-state index contributed by atoms with van der Waals surface area (Å²) in [7, 11) is 3.23. The Hall–Kier alpha value is -3.89. The smallest absolute Gasteiger partial charge is 0.162 e. The lowest BCUT2D eigenvalue weighted by molar-refractivity contribution is 0.356. The van der Waals surface area contributed by atoms with Crippen molar-refractivity contribution < 1.29 is 9.47 Å². The Bertz CT molecular complexity index is 1370. The first-order chi connectivity index (χ1) is 16.0. The molecule has 166 valence electrons. The van der Waals surface area contributed by atoms with Crippen LogP contribution >= 0.6 is 11.3 Å². The molecule has 2 heterocycles. The van der Waals surface area contributed by atoms with E-state index < -0.39 is 0 Å². The number of benzene rings is 2. The fraction of sp³-hybridized carbons (Fsp3) is 0.192. The number of ether oxygens (including phenoxy) is 2. The predicted molar refractivity (Wildman–Crippen MR) is 134 cm³/mol. The number of methoxy groups -OCH3 is 2. The molecule has 2 aromatic carbocycles. The van der Waals surface area contributed by atoms with Crippen molar-refractivity contribution in [2.45, 2.75) is 19.9 Å². The molecule has 6 nitrogen and oxygen atoms in total. The minimum atomic E-state index is 0.0380. The summed E-state index contributed by atoms with van der Waals surface area (Å²) in [6.45, 7) is 3.99. The number of allylic oxidation sites excluding steroid dienone is 1. The van der Waals surface area contributed by atoms with Crippen LogP contribution in [0, 0.1) is 18.3 Å². The zero-order valence-electron chi connectivity index (χ0n) is 18.9. The Kier molecular flexibility index (Phi) is 6.57. The number of aromatic nitrogens is 2. The van der Waals surface area contributed by atoms with Crippen molar-refractivity contribution >= 4 is 34.1 Å². The van der Waals surface area contributed by atoms with Gasteiger partial charge >= 0.3 is 0 Å². The summed E-state index contributed by atoms with van der Waals surface area (Å²) in [5.41, 5.74) is 2.92. The van der Waals surface area contributed by atoms with E-state index in [0.29, 0.717) is 17.3 Å². The third kappa shape index (κ3) is 4.81. The molecule has 1 N–H and O–H groups in total. The lowest BCUT2D eigenvalue weighted by atomic mass is 10.1. The number of fused-ring (bicyclic) bond motifs is 1. The van der Waals surface area contributed by atoms with Gasteiger partial charge in [-0.25, -0.2) is 9.97 Å². The summed E-state index contributed by atoms with van der Waals surface area (Å²) in [5.74, 6) is 2.71. The van der Waals surface area contributed by atoms with E-state index in [1.165, 1.54) is 15.8 Å². The minimum Gasteiger partial charge on any atom is -0.493 e. The van der Waals surface area contributed by atoms with Gasteiger partial charge in [-0.2, -0.15) is 5.26 Å². The molecule has 0 saturated carbocycles. The number of hydrogen-bond acceptors (Lipinski definition) is 7. The number of rotatable bonds is 7. The van der Waals surface area contributed by atoms with E-state index in [9.17, 15) is 0 Å². The van der Waals surface area contributed by atoms with Crippen LogP contribution in [0.25, 0.3) is 27.4 Å². The van der Waals surface area contributed by atoms with Gasteiger partial charge in [0.15, 0.2) is 11.5 Å². The van der Waals surface area contributed by atoms with Crippen LogP contribution in [0.5, 0.6) is 11.5 Å². The van der Waals surface area contributed by atoms with E-state index in [4.69, 9.17) is 14.7 Å². The maximum Gasteiger partial charge on any atom is 0.162 e. The Labute approximate surface area is 197 Å².